The average molecular weight is 252 g/mol. The molecule has 1 aliphatic heterocycles. The van der Waals surface area contributed by atoms with Crippen LogP contribution in [0.5, 0.6) is 0 Å². The van der Waals surface area contributed by atoms with E-state index in [2.05, 4.69) is 17.1 Å². The lowest BCUT2D eigenvalue weighted by atomic mass is 9.84. The smallest absolute Gasteiger partial charge is 0.222 e. The van der Waals surface area contributed by atoms with Crippen molar-refractivity contribution in [3.8, 4) is 0 Å². The molecule has 1 N–H and O–H groups in total. The van der Waals surface area contributed by atoms with Crippen LogP contribution in [0.1, 0.15) is 51.9 Å². The van der Waals surface area contributed by atoms with Gasteiger partial charge in [-0.1, -0.05) is 19.8 Å². The zero-order valence-electron chi connectivity index (χ0n) is 12.0. The van der Waals surface area contributed by atoms with Gasteiger partial charge in [-0.15, -0.1) is 0 Å². The number of nitrogens with zero attached hydrogens (tertiary/aromatic N) is 1. The van der Waals surface area contributed by atoms with Gasteiger partial charge in [-0.3, -0.25) is 4.79 Å². The number of hydrogen-bond acceptors (Lipinski definition) is 2. The van der Waals surface area contributed by atoms with Crippen LogP contribution < -0.4 is 5.32 Å². The Bertz CT molecular complexity index is 274. The highest BCUT2D eigenvalue weighted by Gasteiger charge is 2.29. The van der Waals surface area contributed by atoms with E-state index in [1.807, 2.05) is 7.05 Å². The molecule has 104 valence electrons. The Hall–Kier alpha value is -0.570. The molecular weight excluding hydrogens is 224 g/mol. The first-order valence-electron chi connectivity index (χ1n) is 7.65. The van der Waals surface area contributed by atoms with E-state index < -0.39 is 0 Å². The predicted octanol–water partition coefficient (Wildman–Crippen LogP) is 2.41. The fourth-order valence-corrected chi connectivity index (χ4v) is 3.55. The molecule has 3 heteroatoms. The first-order chi connectivity index (χ1) is 8.68. The van der Waals surface area contributed by atoms with Crippen molar-refractivity contribution in [2.45, 2.75) is 57.9 Å². The van der Waals surface area contributed by atoms with Crippen LogP contribution in [-0.4, -0.2) is 37.0 Å². The second-order valence-electron chi connectivity index (χ2n) is 6.25. The van der Waals surface area contributed by atoms with Gasteiger partial charge in [0, 0.05) is 19.5 Å². The molecule has 3 nitrogen and oxygen atoms in total. The van der Waals surface area contributed by atoms with Gasteiger partial charge in [0.2, 0.25) is 5.91 Å². The minimum absolute atomic E-state index is 0.363. The third-order valence-electron chi connectivity index (χ3n) is 4.82. The fraction of sp³-hybridized carbons (Fsp3) is 0.933. The van der Waals surface area contributed by atoms with E-state index in [4.69, 9.17) is 0 Å². The van der Waals surface area contributed by atoms with Crippen LogP contribution >= 0.6 is 0 Å². The molecule has 1 aliphatic carbocycles. The maximum absolute atomic E-state index is 12.4. The standard InChI is InChI=1S/C15H28N2O/c1-12-6-3-4-8-14(12)17(2)15(18)10-13-7-5-9-16-11-13/h12-14,16H,3-11H2,1-2H3. The summed E-state index contributed by atoms with van der Waals surface area (Å²) < 4.78 is 0. The minimum Gasteiger partial charge on any atom is -0.343 e. The van der Waals surface area contributed by atoms with Crippen molar-refractivity contribution >= 4 is 5.91 Å². The molecule has 2 aliphatic rings. The molecule has 0 spiro atoms. The highest BCUT2D eigenvalue weighted by Crippen LogP contribution is 2.28. The van der Waals surface area contributed by atoms with Crippen molar-refractivity contribution in [3.05, 3.63) is 0 Å². The largest absolute Gasteiger partial charge is 0.343 e. The van der Waals surface area contributed by atoms with Crippen molar-refractivity contribution in [1.29, 1.82) is 0 Å². The summed E-state index contributed by atoms with van der Waals surface area (Å²) in [5.74, 6) is 1.60. The van der Waals surface area contributed by atoms with Gasteiger partial charge >= 0.3 is 0 Å². The molecule has 1 saturated heterocycles. The lowest BCUT2D eigenvalue weighted by Crippen LogP contribution is -2.44. The number of hydrogen-bond donors (Lipinski definition) is 1. The molecule has 3 atom stereocenters. The lowest BCUT2D eigenvalue weighted by molar-refractivity contribution is -0.134. The highest BCUT2D eigenvalue weighted by molar-refractivity contribution is 5.76. The summed E-state index contributed by atoms with van der Waals surface area (Å²) in [7, 11) is 2.02. The van der Waals surface area contributed by atoms with Gasteiger partial charge in [0.15, 0.2) is 0 Å². The number of nitrogens with one attached hydrogen (secondary N) is 1. The average Bonchev–Trinajstić information content (AvgIpc) is 2.39. The van der Waals surface area contributed by atoms with Crippen LogP contribution in [-0.2, 0) is 4.79 Å². The third kappa shape index (κ3) is 3.47. The number of piperidine rings is 1. The van der Waals surface area contributed by atoms with Gasteiger partial charge in [-0.2, -0.15) is 0 Å². The zero-order chi connectivity index (χ0) is 13.0. The fourth-order valence-electron chi connectivity index (χ4n) is 3.55. The lowest BCUT2D eigenvalue weighted by Gasteiger charge is -2.37. The van der Waals surface area contributed by atoms with Gasteiger partial charge in [-0.25, -0.2) is 0 Å². The maximum Gasteiger partial charge on any atom is 0.222 e. The molecule has 0 radical (unpaired) electrons. The second kappa shape index (κ2) is 6.55. The topological polar surface area (TPSA) is 32.3 Å². The van der Waals surface area contributed by atoms with Gasteiger partial charge in [-0.05, 0) is 50.6 Å². The number of carbonyl (C=O) groups is 1. The summed E-state index contributed by atoms with van der Waals surface area (Å²) >= 11 is 0. The molecule has 1 saturated carbocycles. The van der Waals surface area contributed by atoms with Crippen molar-refractivity contribution in [1.82, 2.24) is 10.2 Å². The summed E-state index contributed by atoms with van der Waals surface area (Å²) in [5.41, 5.74) is 0. The molecule has 0 aromatic rings. The molecule has 18 heavy (non-hydrogen) atoms. The Kier molecular flexibility index (Phi) is 5.04. The van der Waals surface area contributed by atoms with E-state index in [1.165, 1.54) is 38.5 Å². The Morgan fingerprint density at radius 2 is 2.00 bits per heavy atom. The predicted molar refractivity (Wildman–Crippen MR) is 74.4 cm³/mol. The van der Waals surface area contributed by atoms with Crippen LogP contribution in [0, 0.1) is 11.8 Å². The van der Waals surface area contributed by atoms with Crippen LogP contribution in [0.2, 0.25) is 0 Å². The van der Waals surface area contributed by atoms with Crippen molar-refractivity contribution < 1.29 is 4.79 Å². The molecule has 0 aromatic carbocycles. The first-order valence-corrected chi connectivity index (χ1v) is 7.65. The number of amides is 1. The Balaban J connectivity index is 1.83. The molecule has 3 unspecified atom stereocenters. The van der Waals surface area contributed by atoms with Crippen molar-refractivity contribution in [2.24, 2.45) is 11.8 Å². The molecule has 1 amide bonds. The van der Waals surface area contributed by atoms with Gasteiger partial charge in [0.05, 0.1) is 0 Å². The minimum atomic E-state index is 0.363. The quantitative estimate of drug-likeness (QED) is 0.836. The Morgan fingerprint density at radius 1 is 1.22 bits per heavy atom. The first kappa shape index (κ1) is 13.9. The van der Waals surface area contributed by atoms with Gasteiger partial charge in [0.25, 0.3) is 0 Å². The zero-order valence-corrected chi connectivity index (χ0v) is 12.0. The van der Waals surface area contributed by atoms with E-state index in [0.717, 1.165) is 19.5 Å². The van der Waals surface area contributed by atoms with E-state index in [1.54, 1.807) is 0 Å². The monoisotopic (exact) mass is 252 g/mol. The van der Waals surface area contributed by atoms with E-state index in [-0.39, 0.29) is 0 Å². The third-order valence-corrected chi connectivity index (χ3v) is 4.82. The van der Waals surface area contributed by atoms with E-state index in [9.17, 15) is 4.79 Å². The second-order valence-corrected chi connectivity index (χ2v) is 6.25. The number of rotatable bonds is 3. The molecule has 0 bridgehead atoms. The van der Waals surface area contributed by atoms with Crippen LogP contribution in [0.4, 0.5) is 0 Å². The van der Waals surface area contributed by atoms with E-state index >= 15 is 0 Å². The summed E-state index contributed by atoms with van der Waals surface area (Å²) in [6.07, 6.45) is 8.30. The van der Waals surface area contributed by atoms with Crippen LogP contribution in [0.15, 0.2) is 0 Å². The van der Waals surface area contributed by atoms with E-state index in [0.29, 0.717) is 23.8 Å². The highest BCUT2D eigenvalue weighted by atomic mass is 16.2. The van der Waals surface area contributed by atoms with Crippen LogP contribution in [0.3, 0.4) is 0 Å². The normalized spacial score (nSPS) is 33.1. The maximum atomic E-state index is 12.4. The molecule has 2 fully saturated rings. The van der Waals surface area contributed by atoms with Gasteiger partial charge < -0.3 is 10.2 Å². The summed E-state index contributed by atoms with van der Waals surface area (Å²) in [6, 6.07) is 0.489. The number of carbonyl (C=O) groups excluding carboxylic acids is 1. The van der Waals surface area contributed by atoms with Crippen LogP contribution in [0.25, 0.3) is 0 Å². The molecular formula is C15H28N2O. The summed E-state index contributed by atoms with van der Waals surface area (Å²) in [6.45, 7) is 4.45. The molecule has 0 aromatic heterocycles. The molecule has 2 rings (SSSR count). The molecule has 1 heterocycles. The van der Waals surface area contributed by atoms with Gasteiger partial charge in [0.1, 0.15) is 0 Å². The summed E-state index contributed by atoms with van der Waals surface area (Å²) in [5, 5.41) is 3.40. The Morgan fingerprint density at radius 3 is 2.67 bits per heavy atom. The van der Waals surface area contributed by atoms with Crippen molar-refractivity contribution in [2.75, 3.05) is 20.1 Å². The van der Waals surface area contributed by atoms with Crippen molar-refractivity contribution in [3.63, 3.8) is 0 Å². The SMILES string of the molecule is CC1CCCCC1N(C)C(=O)CC1CCCNC1. The Labute approximate surface area is 111 Å². The summed E-state index contributed by atoms with van der Waals surface area (Å²) in [4.78, 5) is 14.4.